The number of hydrogen-bond acceptors (Lipinski definition) is 8. The van der Waals surface area contributed by atoms with E-state index < -0.39 is 19.2 Å². The molecule has 12 heteroatoms. The Hall–Kier alpha value is -1.76. The van der Waals surface area contributed by atoms with Crippen LogP contribution in [0.15, 0.2) is 46.2 Å². The Balaban J connectivity index is 2.26. The maximum absolute atomic E-state index is 11.5. The number of carbonyl (C=O) groups excluding carboxylic acids is 2. The van der Waals surface area contributed by atoms with E-state index >= 15 is 0 Å². The van der Waals surface area contributed by atoms with Gasteiger partial charge >= 0.3 is 0 Å². The maximum atomic E-state index is 11.5. The maximum Gasteiger partial charge on any atom is 0.281 e. The van der Waals surface area contributed by atoms with E-state index in [-0.39, 0.29) is 22.5 Å². The van der Waals surface area contributed by atoms with E-state index in [1.165, 1.54) is 58.0 Å². The molecule has 0 radical (unpaired) electrons. The van der Waals surface area contributed by atoms with Crippen molar-refractivity contribution < 1.29 is 19.4 Å². The molecule has 0 heterocycles. The highest BCUT2D eigenvalue weighted by molar-refractivity contribution is 9.18. The lowest BCUT2D eigenvalue weighted by Gasteiger charge is -2.05. The normalized spacial score (nSPS) is 10.4. The molecule has 0 saturated heterocycles. The van der Waals surface area contributed by atoms with Crippen molar-refractivity contribution in [2.75, 3.05) is 0 Å². The highest BCUT2D eigenvalue weighted by atomic mass is 79.9. The number of nitrogens with zero attached hydrogens (tertiary/aromatic N) is 2. The predicted octanol–water partition coefficient (Wildman–Crippen LogP) is 5.37. The van der Waals surface area contributed by atoms with E-state index in [0.29, 0.717) is 9.79 Å². The van der Waals surface area contributed by atoms with Crippen LogP contribution < -0.4 is 0 Å². The van der Waals surface area contributed by atoms with Crippen LogP contribution in [0.25, 0.3) is 0 Å². The number of hydrogen-bond donors (Lipinski definition) is 0. The molecule has 0 aliphatic heterocycles. The van der Waals surface area contributed by atoms with Gasteiger partial charge in [0.05, 0.1) is 9.85 Å². The Kier molecular flexibility index (Phi) is 6.92. The standard InChI is InChI=1S/C14H6Br2N2O6S2/c15-13(19)9-5-7(1-3-11(9)17(21)22)25-26-8-2-4-12(18(23)24)10(6-8)14(16)20/h1-6H. The van der Waals surface area contributed by atoms with Crippen LogP contribution in [-0.2, 0) is 0 Å². The first-order valence-electron chi connectivity index (χ1n) is 6.51. The Morgan fingerprint density at radius 3 is 1.38 bits per heavy atom. The molecule has 2 aromatic carbocycles. The molecule has 0 aliphatic rings. The minimum Gasteiger partial charge on any atom is -0.281 e. The molecule has 0 aromatic heterocycles. The quantitative estimate of drug-likeness (QED) is 0.206. The summed E-state index contributed by atoms with van der Waals surface area (Å²) >= 11 is 5.43. The molecule has 0 saturated carbocycles. The fourth-order valence-electron chi connectivity index (χ4n) is 1.86. The summed E-state index contributed by atoms with van der Waals surface area (Å²) in [7, 11) is 2.37. The van der Waals surface area contributed by atoms with Crippen LogP contribution in [-0.4, -0.2) is 19.2 Å². The van der Waals surface area contributed by atoms with Gasteiger partial charge in [0.1, 0.15) is 11.1 Å². The molecule has 2 aromatic rings. The third-order valence-corrected chi connectivity index (χ3v) is 6.22. The van der Waals surface area contributed by atoms with Crippen LogP contribution in [0.1, 0.15) is 20.7 Å². The summed E-state index contributed by atoms with van der Waals surface area (Å²) in [5.74, 6) is 0. The largest absolute Gasteiger partial charge is 0.281 e. The molecule has 2 rings (SSSR count). The van der Waals surface area contributed by atoms with Gasteiger partial charge in [-0.05, 0) is 56.1 Å². The van der Waals surface area contributed by atoms with Gasteiger partial charge in [-0.3, -0.25) is 29.8 Å². The lowest BCUT2D eigenvalue weighted by Crippen LogP contribution is -1.98. The zero-order valence-corrected chi connectivity index (χ0v) is 17.2. The number of halogens is 2. The van der Waals surface area contributed by atoms with Crippen molar-refractivity contribution in [2.24, 2.45) is 0 Å². The molecule has 0 bridgehead atoms. The Bertz CT molecular complexity index is 862. The van der Waals surface area contributed by atoms with Crippen molar-refractivity contribution in [2.45, 2.75) is 9.79 Å². The number of nitro groups is 2. The Labute approximate surface area is 170 Å². The SMILES string of the molecule is O=C(Br)c1cc(SSc2ccc([N+](=O)[O-])c(C(=O)Br)c2)ccc1[N+](=O)[O-]. The van der Waals surface area contributed by atoms with Gasteiger partial charge in [-0.25, -0.2) is 0 Å². The summed E-state index contributed by atoms with van der Waals surface area (Å²) in [6.07, 6.45) is 0. The van der Waals surface area contributed by atoms with Gasteiger partial charge in [0, 0.05) is 21.9 Å². The second-order valence-corrected chi connectivity index (χ2v) is 8.30. The zero-order chi connectivity index (χ0) is 19.4. The van der Waals surface area contributed by atoms with Crippen molar-refractivity contribution in [3.05, 3.63) is 67.8 Å². The molecule has 26 heavy (non-hydrogen) atoms. The fourth-order valence-corrected chi connectivity index (χ4v) is 4.47. The second kappa shape index (κ2) is 8.75. The Morgan fingerprint density at radius 1 is 0.769 bits per heavy atom. The molecule has 0 aliphatic carbocycles. The molecule has 0 unspecified atom stereocenters. The van der Waals surface area contributed by atoms with Crippen molar-refractivity contribution in [1.29, 1.82) is 0 Å². The van der Waals surface area contributed by atoms with Crippen LogP contribution >= 0.6 is 53.4 Å². The minimum absolute atomic E-state index is 0.0828. The van der Waals surface area contributed by atoms with Gasteiger partial charge in [0.25, 0.3) is 11.4 Å². The van der Waals surface area contributed by atoms with Crippen LogP contribution in [0.5, 0.6) is 0 Å². The summed E-state index contributed by atoms with van der Waals surface area (Å²) in [5.41, 5.74) is -0.797. The molecule has 0 N–H and O–H groups in total. The second-order valence-electron chi connectivity index (χ2n) is 4.59. The van der Waals surface area contributed by atoms with E-state index in [9.17, 15) is 29.8 Å². The first-order chi connectivity index (χ1) is 12.2. The molecule has 0 spiro atoms. The zero-order valence-electron chi connectivity index (χ0n) is 12.4. The number of nitro benzene ring substituents is 2. The third kappa shape index (κ3) is 4.90. The third-order valence-electron chi connectivity index (χ3n) is 2.99. The topological polar surface area (TPSA) is 120 Å². The lowest BCUT2D eigenvalue weighted by atomic mass is 10.2. The van der Waals surface area contributed by atoms with Crippen molar-refractivity contribution in [3.8, 4) is 0 Å². The molecule has 0 amide bonds. The van der Waals surface area contributed by atoms with Crippen LogP contribution in [0.4, 0.5) is 11.4 Å². The average molecular weight is 522 g/mol. The number of benzene rings is 2. The lowest BCUT2D eigenvalue weighted by molar-refractivity contribution is -0.385. The average Bonchev–Trinajstić information content (AvgIpc) is 2.59. The van der Waals surface area contributed by atoms with Crippen LogP contribution in [0.2, 0.25) is 0 Å². The van der Waals surface area contributed by atoms with Crippen molar-refractivity contribution >= 4 is 74.2 Å². The summed E-state index contributed by atoms with van der Waals surface area (Å²) in [6.45, 7) is 0. The van der Waals surface area contributed by atoms with Gasteiger partial charge in [0.2, 0.25) is 9.39 Å². The first kappa shape index (κ1) is 20.6. The molecule has 134 valence electrons. The van der Waals surface area contributed by atoms with Crippen molar-refractivity contribution in [1.82, 2.24) is 0 Å². The summed E-state index contributed by atoms with van der Waals surface area (Å²) in [6, 6.07) is 8.15. The van der Waals surface area contributed by atoms with Gasteiger partial charge in [0.15, 0.2) is 0 Å². The number of carbonyl (C=O) groups is 2. The number of rotatable bonds is 7. The monoisotopic (exact) mass is 520 g/mol. The van der Waals surface area contributed by atoms with Crippen LogP contribution in [0.3, 0.4) is 0 Å². The van der Waals surface area contributed by atoms with Gasteiger partial charge in [-0.1, -0.05) is 21.6 Å². The first-order valence-corrected chi connectivity index (χ1v) is 10.3. The molecular formula is C14H6Br2N2O6S2. The predicted molar refractivity (Wildman–Crippen MR) is 104 cm³/mol. The van der Waals surface area contributed by atoms with Gasteiger partial charge < -0.3 is 0 Å². The highest BCUT2D eigenvalue weighted by Gasteiger charge is 2.21. The summed E-state index contributed by atoms with van der Waals surface area (Å²) < 4.78 is -1.22. The van der Waals surface area contributed by atoms with E-state index in [4.69, 9.17) is 0 Å². The molecule has 0 atom stereocenters. The van der Waals surface area contributed by atoms with E-state index in [0.717, 1.165) is 0 Å². The van der Waals surface area contributed by atoms with Gasteiger partial charge in [-0.2, -0.15) is 0 Å². The van der Waals surface area contributed by atoms with Gasteiger partial charge in [-0.15, -0.1) is 0 Å². The molecule has 0 fully saturated rings. The summed E-state index contributed by atoms with van der Waals surface area (Å²) in [4.78, 5) is 44.7. The molecular weight excluding hydrogens is 516 g/mol. The van der Waals surface area contributed by atoms with Crippen LogP contribution in [0, 0.1) is 20.2 Å². The van der Waals surface area contributed by atoms with E-state index in [1.54, 1.807) is 0 Å². The van der Waals surface area contributed by atoms with E-state index in [1.807, 2.05) is 0 Å². The fraction of sp³-hybridized carbons (Fsp3) is 0. The minimum atomic E-state index is -0.652. The Morgan fingerprint density at radius 2 is 1.12 bits per heavy atom. The molecule has 8 nitrogen and oxygen atoms in total. The highest BCUT2D eigenvalue weighted by Crippen LogP contribution is 2.40. The van der Waals surface area contributed by atoms with Crippen molar-refractivity contribution in [3.63, 3.8) is 0 Å². The summed E-state index contributed by atoms with van der Waals surface area (Å²) in [5, 5.41) is 21.9. The smallest absolute Gasteiger partial charge is 0.281 e. The van der Waals surface area contributed by atoms with E-state index in [2.05, 4.69) is 31.9 Å².